The normalized spacial score (nSPS) is 25.1. The van der Waals surface area contributed by atoms with Crippen LogP contribution < -0.4 is 5.56 Å². The van der Waals surface area contributed by atoms with Crippen molar-refractivity contribution in [1.82, 2.24) is 19.8 Å². The Morgan fingerprint density at radius 1 is 1.20 bits per heavy atom. The number of ether oxygens (including phenoxy) is 1. The molecule has 3 aliphatic rings. The number of nitrogens with one attached hydrogen (secondary N) is 1. The largest absolute Gasteiger partial charge is 0.379 e. The van der Waals surface area contributed by atoms with Crippen molar-refractivity contribution in [3.8, 4) is 0 Å². The molecule has 2 aliphatic heterocycles. The first-order valence-corrected chi connectivity index (χ1v) is 9.42. The first-order valence-electron chi connectivity index (χ1n) is 9.42. The molecular weight excluding hydrogens is 320 g/mol. The van der Waals surface area contributed by atoms with Gasteiger partial charge in [0.2, 0.25) is 0 Å². The first kappa shape index (κ1) is 16.7. The standard InChI is InChI=1S/C18H26N4O3/c23-17-15(11-19-16(20-17)13-4-5-13)18(24)22-6-2-1-3-14(22)12-21-7-9-25-10-8-21/h11,13-14H,1-10,12H2,(H,19,20,23). The predicted molar refractivity (Wildman–Crippen MR) is 92.8 cm³/mol. The van der Waals surface area contributed by atoms with E-state index in [1.807, 2.05) is 4.90 Å². The highest BCUT2D eigenvalue weighted by molar-refractivity contribution is 5.93. The maximum absolute atomic E-state index is 13.0. The number of carbonyl (C=O) groups is 1. The summed E-state index contributed by atoms with van der Waals surface area (Å²) in [4.78, 5) is 36.8. The Hall–Kier alpha value is -1.73. The Balaban J connectivity index is 1.49. The van der Waals surface area contributed by atoms with Crippen molar-refractivity contribution in [1.29, 1.82) is 0 Å². The van der Waals surface area contributed by atoms with Gasteiger partial charge in [0.05, 0.1) is 13.2 Å². The Labute approximate surface area is 147 Å². The Kier molecular flexibility index (Phi) is 4.85. The van der Waals surface area contributed by atoms with Crippen LogP contribution in [0.1, 0.15) is 54.2 Å². The van der Waals surface area contributed by atoms with Gasteiger partial charge in [0.15, 0.2) is 0 Å². The molecule has 3 fully saturated rings. The SMILES string of the molecule is O=C(c1cnc(C2CC2)[nH]c1=O)N1CCCCC1CN1CCOCC1. The first-order chi connectivity index (χ1) is 12.2. The Bertz CT molecular complexity index is 679. The van der Waals surface area contributed by atoms with E-state index in [9.17, 15) is 9.59 Å². The number of amides is 1. The fraction of sp³-hybridized carbons (Fsp3) is 0.722. The summed E-state index contributed by atoms with van der Waals surface area (Å²) in [6, 6.07) is 0.168. The predicted octanol–water partition coefficient (Wildman–Crippen LogP) is 0.974. The Morgan fingerprint density at radius 2 is 2.00 bits per heavy atom. The summed E-state index contributed by atoms with van der Waals surface area (Å²) in [6.45, 7) is 4.92. The van der Waals surface area contributed by atoms with Crippen LogP contribution in [0.2, 0.25) is 0 Å². The molecule has 1 aromatic rings. The van der Waals surface area contributed by atoms with Gasteiger partial charge in [0.25, 0.3) is 11.5 Å². The molecule has 7 nitrogen and oxygen atoms in total. The minimum atomic E-state index is -0.294. The number of hydrogen-bond donors (Lipinski definition) is 1. The Morgan fingerprint density at radius 3 is 2.72 bits per heavy atom. The van der Waals surface area contributed by atoms with Gasteiger partial charge in [-0.25, -0.2) is 4.98 Å². The zero-order valence-corrected chi connectivity index (χ0v) is 14.6. The molecule has 0 spiro atoms. The second kappa shape index (κ2) is 7.25. The smallest absolute Gasteiger partial charge is 0.263 e. The van der Waals surface area contributed by atoms with Crippen molar-refractivity contribution < 1.29 is 9.53 Å². The lowest BCUT2D eigenvalue weighted by molar-refractivity contribution is 0.0165. The third-order valence-corrected chi connectivity index (χ3v) is 5.47. The van der Waals surface area contributed by atoms with Crippen molar-refractivity contribution in [3.63, 3.8) is 0 Å². The van der Waals surface area contributed by atoms with Gasteiger partial charge < -0.3 is 14.6 Å². The molecule has 0 bridgehead atoms. The van der Waals surface area contributed by atoms with E-state index >= 15 is 0 Å². The van der Waals surface area contributed by atoms with Gasteiger partial charge in [-0.15, -0.1) is 0 Å². The van der Waals surface area contributed by atoms with Crippen LogP contribution in [-0.4, -0.2) is 71.1 Å². The number of carbonyl (C=O) groups excluding carboxylic acids is 1. The summed E-state index contributed by atoms with van der Waals surface area (Å²) in [5, 5.41) is 0. The number of hydrogen-bond acceptors (Lipinski definition) is 5. The van der Waals surface area contributed by atoms with Gasteiger partial charge in [0.1, 0.15) is 11.4 Å². The second-order valence-electron chi connectivity index (χ2n) is 7.35. The van der Waals surface area contributed by atoms with Crippen LogP contribution in [0, 0.1) is 0 Å². The topological polar surface area (TPSA) is 78.5 Å². The fourth-order valence-electron chi connectivity index (χ4n) is 3.82. The fourth-order valence-corrected chi connectivity index (χ4v) is 3.82. The van der Waals surface area contributed by atoms with E-state index in [1.165, 1.54) is 6.20 Å². The molecule has 1 aliphatic carbocycles. The second-order valence-corrected chi connectivity index (χ2v) is 7.35. The van der Waals surface area contributed by atoms with Crippen LogP contribution in [0.4, 0.5) is 0 Å². The highest BCUT2D eigenvalue weighted by Gasteiger charge is 2.32. The molecule has 3 heterocycles. The quantitative estimate of drug-likeness (QED) is 0.879. The van der Waals surface area contributed by atoms with Crippen LogP contribution in [-0.2, 0) is 4.74 Å². The summed E-state index contributed by atoms with van der Waals surface area (Å²) in [5.41, 5.74) is -0.115. The lowest BCUT2D eigenvalue weighted by Gasteiger charge is -2.39. The number of morpholine rings is 1. The third kappa shape index (κ3) is 3.77. The van der Waals surface area contributed by atoms with Gasteiger partial charge >= 0.3 is 0 Å². The van der Waals surface area contributed by atoms with Crippen molar-refractivity contribution in [3.05, 3.63) is 27.9 Å². The number of aromatic amines is 1. The molecule has 0 radical (unpaired) electrons. The molecule has 136 valence electrons. The zero-order chi connectivity index (χ0) is 17.2. The summed E-state index contributed by atoms with van der Waals surface area (Å²) in [7, 11) is 0. The van der Waals surface area contributed by atoms with Crippen molar-refractivity contribution in [2.45, 2.75) is 44.1 Å². The number of H-pyrrole nitrogens is 1. The third-order valence-electron chi connectivity index (χ3n) is 5.47. The number of aromatic nitrogens is 2. The summed E-state index contributed by atoms with van der Waals surface area (Å²) in [5.74, 6) is 0.931. The van der Waals surface area contributed by atoms with Crippen LogP contribution in [0.25, 0.3) is 0 Å². The minimum absolute atomic E-state index is 0.168. The maximum Gasteiger partial charge on any atom is 0.263 e. The highest BCUT2D eigenvalue weighted by atomic mass is 16.5. The minimum Gasteiger partial charge on any atom is -0.379 e. The average Bonchev–Trinajstić information content (AvgIpc) is 3.48. The summed E-state index contributed by atoms with van der Waals surface area (Å²) in [6.07, 6.45) is 6.75. The zero-order valence-electron chi connectivity index (χ0n) is 14.6. The molecule has 1 atom stereocenters. The van der Waals surface area contributed by atoms with Crippen LogP contribution in [0.15, 0.2) is 11.0 Å². The van der Waals surface area contributed by atoms with Gasteiger partial charge in [-0.1, -0.05) is 0 Å². The van der Waals surface area contributed by atoms with E-state index in [2.05, 4.69) is 14.9 Å². The van der Waals surface area contributed by atoms with Gasteiger partial charge in [0, 0.05) is 44.3 Å². The van der Waals surface area contributed by atoms with E-state index in [1.54, 1.807) is 0 Å². The maximum atomic E-state index is 13.0. The molecule has 25 heavy (non-hydrogen) atoms. The molecule has 1 amide bonds. The molecule has 2 saturated heterocycles. The van der Waals surface area contributed by atoms with Crippen molar-refractivity contribution >= 4 is 5.91 Å². The van der Waals surface area contributed by atoms with Crippen LogP contribution >= 0.6 is 0 Å². The van der Waals surface area contributed by atoms with Gasteiger partial charge in [-0.3, -0.25) is 14.5 Å². The molecule has 1 unspecified atom stereocenters. The summed E-state index contributed by atoms with van der Waals surface area (Å²) >= 11 is 0. The monoisotopic (exact) mass is 346 g/mol. The molecule has 4 rings (SSSR count). The average molecular weight is 346 g/mol. The van der Waals surface area contributed by atoms with Gasteiger partial charge in [-0.2, -0.15) is 0 Å². The van der Waals surface area contributed by atoms with Crippen LogP contribution in [0.3, 0.4) is 0 Å². The van der Waals surface area contributed by atoms with Gasteiger partial charge in [-0.05, 0) is 32.1 Å². The van der Waals surface area contributed by atoms with E-state index < -0.39 is 0 Å². The summed E-state index contributed by atoms with van der Waals surface area (Å²) < 4.78 is 5.41. The number of nitrogens with zero attached hydrogens (tertiary/aromatic N) is 3. The van der Waals surface area contributed by atoms with E-state index in [0.29, 0.717) is 5.92 Å². The van der Waals surface area contributed by atoms with E-state index in [4.69, 9.17) is 4.74 Å². The molecule has 7 heteroatoms. The van der Waals surface area contributed by atoms with E-state index in [0.717, 1.165) is 77.3 Å². The van der Waals surface area contributed by atoms with E-state index in [-0.39, 0.29) is 23.1 Å². The lowest BCUT2D eigenvalue weighted by Crippen LogP contribution is -2.52. The number of piperidine rings is 1. The number of rotatable bonds is 4. The van der Waals surface area contributed by atoms with Crippen molar-refractivity contribution in [2.75, 3.05) is 39.4 Å². The van der Waals surface area contributed by atoms with Crippen LogP contribution in [0.5, 0.6) is 0 Å². The lowest BCUT2D eigenvalue weighted by atomic mass is 10.0. The molecule has 0 aromatic carbocycles. The number of likely N-dealkylation sites (tertiary alicyclic amines) is 1. The molecule has 1 N–H and O–H groups in total. The molecule has 1 saturated carbocycles. The molecule has 1 aromatic heterocycles. The highest BCUT2D eigenvalue weighted by Crippen LogP contribution is 2.37. The molecular formula is C18H26N4O3. The van der Waals surface area contributed by atoms with Crippen molar-refractivity contribution in [2.24, 2.45) is 0 Å².